The van der Waals surface area contributed by atoms with Gasteiger partial charge in [0.15, 0.2) is 0 Å². The van der Waals surface area contributed by atoms with Gasteiger partial charge in [0.2, 0.25) is 5.88 Å². The summed E-state index contributed by atoms with van der Waals surface area (Å²) in [5.41, 5.74) is 0.598. The zero-order valence-electron chi connectivity index (χ0n) is 7.23. The van der Waals surface area contributed by atoms with Crippen LogP contribution in [-0.4, -0.2) is 11.6 Å². The molecule has 1 fully saturated rings. The van der Waals surface area contributed by atoms with E-state index in [1.807, 2.05) is 0 Å². The molecule has 0 radical (unpaired) electrons. The van der Waals surface area contributed by atoms with Gasteiger partial charge in [-0.3, -0.25) is 0 Å². The van der Waals surface area contributed by atoms with Crippen LogP contribution in [0.2, 0.25) is 0 Å². The van der Waals surface area contributed by atoms with Gasteiger partial charge in [0.1, 0.15) is 0 Å². The second-order valence-corrected chi connectivity index (χ2v) is 3.25. The summed E-state index contributed by atoms with van der Waals surface area (Å²) >= 11 is 0. The lowest BCUT2D eigenvalue weighted by molar-refractivity contribution is 0.288. The molecule has 0 atom stereocenters. The number of aromatic nitrogens is 1. The van der Waals surface area contributed by atoms with E-state index in [1.165, 1.54) is 12.8 Å². The minimum Gasteiger partial charge on any atom is -0.477 e. The predicted octanol–water partition coefficient (Wildman–Crippen LogP) is 1.74. The summed E-state index contributed by atoms with van der Waals surface area (Å²) in [6, 6.07) is 5.39. The largest absolute Gasteiger partial charge is 0.477 e. The van der Waals surface area contributed by atoms with Crippen LogP contribution in [0.3, 0.4) is 0 Å². The lowest BCUT2D eigenvalue weighted by Gasteiger charge is -2.02. The Bertz CT molecular complexity index is 339. The van der Waals surface area contributed by atoms with Gasteiger partial charge in [-0.1, -0.05) is 0 Å². The summed E-state index contributed by atoms with van der Waals surface area (Å²) in [5, 5.41) is 8.62. The number of hydrogen-bond acceptors (Lipinski definition) is 3. The fourth-order valence-corrected chi connectivity index (χ4v) is 1.05. The van der Waals surface area contributed by atoms with Crippen molar-refractivity contribution in [1.82, 2.24) is 4.98 Å². The van der Waals surface area contributed by atoms with Crippen LogP contribution in [0.25, 0.3) is 0 Å². The van der Waals surface area contributed by atoms with Crippen molar-refractivity contribution in [2.45, 2.75) is 12.8 Å². The molecule has 66 valence electrons. The van der Waals surface area contributed by atoms with Crippen molar-refractivity contribution in [2.75, 3.05) is 6.61 Å². The SMILES string of the molecule is N#Cc1ccnc(OCC2CC2)c1. The molecule has 1 heterocycles. The molecule has 0 N–H and O–H groups in total. The highest BCUT2D eigenvalue weighted by atomic mass is 16.5. The highest BCUT2D eigenvalue weighted by Crippen LogP contribution is 2.29. The monoisotopic (exact) mass is 174 g/mol. The molecule has 0 bridgehead atoms. The highest BCUT2D eigenvalue weighted by Gasteiger charge is 2.22. The molecular weight excluding hydrogens is 164 g/mol. The molecule has 0 spiro atoms. The van der Waals surface area contributed by atoms with Gasteiger partial charge in [0.05, 0.1) is 18.2 Å². The summed E-state index contributed by atoms with van der Waals surface area (Å²) < 4.78 is 5.41. The first-order valence-electron chi connectivity index (χ1n) is 4.37. The maximum Gasteiger partial charge on any atom is 0.214 e. The maximum absolute atomic E-state index is 8.62. The molecule has 2 rings (SSSR count). The summed E-state index contributed by atoms with van der Waals surface area (Å²) in [5.74, 6) is 1.28. The van der Waals surface area contributed by atoms with E-state index < -0.39 is 0 Å². The van der Waals surface area contributed by atoms with Gasteiger partial charge >= 0.3 is 0 Å². The maximum atomic E-state index is 8.62. The van der Waals surface area contributed by atoms with Gasteiger partial charge in [-0.05, 0) is 24.8 Å². The van der Waals surface area contributed by atoms with Gasteiger partial charge in [0.25, 0.3) is 0 Å². The van der Waals surface area contributed by atoms with Crippen LogP contribution >= 0.6 is 0 Å². The average molecular weight is 174 g/mol. The van der Waals surface area contributed by atoms with E-state index in [0.717, 1.165) is 6.61 Å². The number of rotatable bonds is 3. The topological polar surface area (TPSA) is 45.9 Å². The Kier molecular flexibility index (Phi) is 2.13. The molecule has 1 aliphatic rings. The van der Waals surface area contributed by atoms with E-state index in [0.29, 0.717) is 17.4 Å². The van der Waals surface area contributed by atoms with Crippen molar-refractivity contribution in [2.24, 2.45) is 5.92 Å². The van der Waals surface area contributed by atoms with E-state index in [2.05, 4.69) is 11.1 Å². The van der Waals surface area contributed by atoms with Crippen molar-refractivity contribution in [3.05, 3.63) is 23.9 Å². The van der Waals surface area contributed by atoms with Crippen LogP contribution in [0.5, 0.6) is 5.88 Å². The molecule has 1 aliphatic carbocycles. The molecule has 0 saturated heterocycles. The lowest BCUT2D eigenvalue weighted by atomic mass is 10.3. The smallest absolute Gasteiger partial charge is 0.214 e. The molecule has 1 aromatic rings. The van der Waals surface area contributed by atoms with Crippen molar-refractivity contribution < 1.29 is 4.74 Å². The van der Waals surface area contributed by atoms with E-state index in [4.69, 9.17) is 10.00 Å². The standard InChI is InChI=1S/C10H10N2O/c11-6-9-3-4-12-10(5-9)13-7-8-1-2-8/h3-5,8H,1-2,7H2. The third kappa shape index (κ3) is 2.19. The molecule has 1 saturated carbocycles. The second kappa shape index (κ2) is 3.44. The minimum atomic E-state index is 0.561. The van der Waals surface area contributed by atoms with Crippen LogP contribution in [-0.2, 0) is 0 Å². The molecular formula is C10H10N2O. The Balaban J connectivity index is 1.98. The minimum absolute atomic E-state index is 0.561. The molecule has 0 aliphatic heterocycles. The Morgan fingerprint density at radius 3 is 3.15 bits per heavy atom. The third-order valence-corrected chi connectivity index (χ3v) is 2.03. The number of hydrogen-bond donors (Lipinski definition) is 0. The number of pyridine rings is 1. The highest BCUT2D eigenvalue weighted by molar-refractivity contribution is 5.31. The predicted molar refractivity (Wildman–Crippen MR) is 47.2 cm³/mol. The molecule has 0 aromatic carbocycles. The molecule has 3 nitrogen and oxygen atoms in total. The van der Waals surface area contributed by atoms with Gasteiger partial charge in [0, 0.05) is 12.3 Å². The summed E-state index contributed by atoms with van der Waals surface area (Å²) in [7, 11) is 0. The van der Waals surface area contributed by atoms with Crippen molar-refractivity contribution in [3.63, 3.8) is 0 Å². The first-order chi connectivity index (χ1) is 6.38. The van der Waals surface area contributed by atoms with Crippen LogP contribution in [0.1, 0.15) is 18.4 Å². The van der Waals surface area contributed by atoms with Gasteiger partial charge in [-0.2, -0.15) is 5.26 Å². The second-order valence-electron chi connectivity index (χ2n) is 3.25. The van der Waals surface area contributed by atoms with Crippen molar-refractivity contribution in [3.8, 4) is 11.9 Å². The van der Waals surface area contributed by atoms with Gasteiger partial charge in [-0.25, -0.2) is 4.98 Å². The zero-order chi connectivity index (χ0) is 9.10. The molecule has 0 unspecified atom stereocenters. The van der Waals surface area contributed by atoms with Crippen molar-refractivity contribution in [1.29, 1.82) is 5.26 Å². The van der Waals surface area contributed by atoms with Crippen LogP contribution in [0.4, 0.5) is 0 Å². The number of nitriles is 1. The number of ether oxygens (including phenoxy) is 1. The Labute approximate surface area is 77.0 Å². The molecule has 13 heavy (non-hydrogen) atoms. The lowest BCUT2D eigenvalue weighted by Crippen LogP contribution is -2.00. The van der Waals surface area contributed by atoms with Gasteiger partial charge < -0.3 is 4.74 Å². The fourth-order valence-electron chi connectivity index (χ4n) is 1.05. The van der Waals surface area contributed by atoms with E-state index in [9.17, 15) is 0 Å². The first kappa shape index (κ1) is 8.06. The Morgan fingerprint density at radius 2 is 2.46 bits per heavy atom. The van der Waals surface area contributed by atoms with Crippen LogP contribution in [0.15, 0.2) is 18.3 Å². The van der Waals surface area contributed by atoms with E-state index in [-0.39, 0.29) is 0 Å². The summed E-state index contributed by atoms with van der Waals surface area (Å²) in [6.07, 6.45) is 4.12. The average Bonchev–Trinajstić information content (AvgIpc) is 2.99. The van der Waals surface area contributed by atoms with E-state index in [1.54, 1.807) is 18.3 Å². The summed E-state index contributed by atoms with van der Waals surface area (Å²) in [4.78, 5) is 4.01. The Hall–Kier alpha value is -1.56. The number of nitrogens with zero attached hydrogens (tertiary/aromatic N) is 2. The quantitative estimate of drug-likeness (QED) is 0.701. The molecule has 0 amide bonds. The molecule has 1 aromatic heterocycles. The normalized spacial score (nSPS) is 15.0. The first-order valence-corrected chi connectivity index (χ1v) is 4.37. The molecule has 3 heteroatoms. The van der Waals surface area contributed by atoms with E-state index >= 15 is 0 Å². The van der Waals surface area contributed by atoms with Crippen LogP contribution < -0.4 is 4.74 Å². The van der Waals surface area contributed by atoms with Gasteiger partial charge in [-0.15, -0.1) is 0 Å². The summed E-state index contributed by atoms with van der Waals surface area (Å²) in [6.45, 7) is 0.738. The van der Waals surface area contributed by atoms with Crippen molar-refractivity contribution >= 4 is 0 Å². The Morgan fingerprint density at radius 1 is 1.62 bits per heavy atom. The van der Waals surface area contributed by atoms with Crippen LogP contribution in [0, 0.1) is 17.2 Å². The fraction of sp³-hybridized carbons (Fsp3) is 0.400. The third-order valence-electron chi connectivity index (χ3n) is 2.03. The zero-order valence-corrected chi connectivity index (χ0v) is 7.23.